The van der Waals surface area contributed by atoms with Gasteiger partial charge in [0.15, 0.2) is 0 Å². The fourth-order valence-electron chi connectivity index (χ4n) is 1.92. The molecule has 94 valence electrons. The lowest BCUT2D eigenvalue weighted by Gasteiger charge is -2.18. The molecule has 0 fully saturated rings. The zero-order valence-corrected chi connectivity index (χ0v) is 11.3. The largest absolute Gasteiger partial charge is 0.271 e. The molecule has 0 bridgehead atoms. The molecule has 0 amide bonds. The molecule has 18 heavy (non-hydrogen) atoms. The fraction of sp³-hybridized carbons (Fsp3) is 0.143. The molecule has 2 aromatic carbocycles. The molecule has 1 atom stereocenters. The Morgan fingerprint density at radius 3 is 2.61 bits per heavy atom. The molecule has 1 unspecified atom stereocenters. The highest BCUT2D eigenvalue weighted by Gasteiger charge is 2.13. The van der Waals surface area contributed by atoms with Crippen LogP contribution in [0.15, 0.2) is 53.0 Å². The Labute approximate surface area is 114 Å². The van der Waals surface area contributed by atoms with E-state index in [9.17, 15) is 4.39 Å². The summed E-state index contributed by atoms with van der Waals surface area (Å²) in [5.41, 5.74) is 4.75. The Kier molecular flexibility index (Phi) is 4.47. The van der Waals surface area contributed by atoms with Gasteiger partial charge < -0.3 is 0 Å². The predicted molar refractivity (Wildman–Crippen MR) is 74.3 cm³/mol. The van der Waals surface area contributed by atoms with Gasteiger partial charge in [-0.3, -0.25) is 11.3 Å². The van der Waals surface area contributed by atoms with Crippen LogP contribution in [-0.4, -0.2) is 0 Å². The van der Waals surface area contributed by atoms with Crippen LogP contribution in [0, 0.1) is 5.82 Å². The molecule has 0 spiro atoms. The van der Waals surface area contributed by atoms with Crippen LogP contribution in [0.1, 0.15) is 17.2 Å². The molecule has 0 aliphatic carbocycles. The molecule has 3 N–H and O–H groups in total. The summed E-state index contributed by atoms with van der Waals surface area (Å²) in [6.07, 6.45) is 0.636. The third kappa shape index (κ3) is 3.16. The van der Waals surface area contributed by atoms with Gasteiger partial charge in [-0.15, -0.1) is 0 Å². The summed E-state index contributed by atoms with van der Waals surface area (Å²) in [4.78, 5) is 0. The summed E-state index contributed by atoms with van der Waals surface area (Å²) in [5, 5.41) is 0. The SMILES string of the molecule is NNC(Cc1cccc(F)c1)c1ccccc1Br. The topological polar surface area (TPSA) is 38.0 Å². The molecule has 0 aromatic heterocycles. The standard InChI is InChI=1S/C14H14BrFN2/c15-13-7-2-1-6-12(13)14(18-17)9-10-4-3-5-11(16)8-10/h1-8,14,18H,9,17H2. The molecule has 2 rings (SSSR count). The maximum Gasteiger partial charge on any atom is 0.123 e. The van der Waals surface area contributed by atoms with E-state index < -0.39 is 0 Å². The first-order valence-corrected chi connectivity index (χ1v) is 6.45. The number of nitrogens with two attached hydrogens (primary N) is 1. The summed E-state index contributed by atoms with van der Waals surface area (Å²) in [6.45, 7) is 0. The molecular formula is C14H14BrFN2. The summed E-state index contributed by atoms with van der Waals surface area (Å²) < 4.78 is 14.1. The second-order valence-corrected chi connectivity index (χ2v) is 4.93. The Balaban J connectivity index is 2.23. The van der Waals surface area contributed by atoms with Gasteiger partial charge >= 0.3 is 0 Å². The summed E-state index contributed by atoms with van der Waals surface area (Å²) in [7, 11) is 0. The van der Waals surface area contributed by atoms with Gasteiger partial charge in [-0.2, -0.15) is 0 Å². The first kappa shape index (κ1) is 13.2. The van der Waals surface area contributed by atoms with Crippen molar-refractivity contribution >= 4 is 15.9 Å². The van der Waals surface area contributed by atoms with Crippen molar-refractivity contribution in [2.24, 2.45) is 5.84 Å². The molecule has 2 aromatic rings. The van der Waals surface area contributed by atoms with Crippen molar-refractivity contribution in [2.45, 2.75) is 12.5 Å². The van der Waals surface area contributed by atoms with E-state index in [4.69, 9.17) is 5.84 Å². The van der Waals surface area contributed by atoms with Crippen LogP contribution in [-0.2, 0) is 6.42 Å². The number of hydrogen-bond acceptors (Lipinski definition) is 2. The lowest BCUT2D eigenvalue weighted by molar-refractivity contribution is 0.546. The minimum atomic E-state index is -0.226. The maximum atomic E-state index is 13.1. The van der Waals surface area contributed by atoms with Gasteiger partial charge in [-0.1, -0.05) is 46.3 Å². The minimum absolute atomic E-state index is 0.0534. The van der Waals surface area contributed by atoms with Gasteiger partial charge in [0.25, 0.3) is 0 Å². The Morgan fingerprint density at radius 2 is 1.94 bits per heavy atom. The van der Waals surface area contributed by atoms with Crippen molar-refractivity contribution in [1.29, 1.82) is 0 Å². The number of rotatable bonds is 4. The average molecular weight is 309 g/mol. The summed E-state index contributed by atoms with van der Waals surface area (Å²) in [6, 6.07) is 14.4. The second-order valence-electron chi connectivity index (χ2n) is 4.07. The van der Waals surface area contributed by atoms with Crippen molar-refractivity contribution in [3.05, 3.63) is 69.9 Å². The first-order chi connectivity index (χ1) is 8.70. The zero-order valence-electron chi connectivity index (χ0n) is 9.74. The Hall–Kier alpha value is -1.23. The van der Waals surface area contributed by atoms with E-state index in [1.165, 1.54) is 12.1 Å². The monoisotopic (exact) mass is 308 g/mol. The van der Waals surface area contributed by atoms with Crippen molar-refractivity contribution in [3.8, 4) is 0 Å². The van der Waals surface area contributed by atoms with Crippen LogP contribution in [0.3, 0.4) is 0 Å². The number of hydrogen-bond donors (Lipinski definition) is 2. The van der Waals surface area contributed by atoms with E-state index >= 15 is 0 Å². The molecule has 4 heteroatoms. The van der Waals surface area contributed by atoms with E-state index in [1.54, 1.807) is 6.07 Å². The van der Waals surface area contributed by atoms with Crippen molar-refractivity contribution in [2.75, 3.05) is 0 Å². The van der Waals surface area contributed by atoms with Gasteiger partial charge in [0.05, 0.1) is 6.04 Å². The molecule has 0 saturated carbocycles. The number of benzene rings is 2. The minimum Gasteiger partial charge on any atom is -0.271 e. The Morgan fingerprint density at radius 1 is 1.17 bits per heavy atom. The number of halogens is 2. The molecular weight excluding hydrogens is 295 g/mol. The van der Waals surface area contributed by atoms with Crippen LogP contribution in [0.4, 0.5) is 4.39 Å². The van der Waals surface area contributed by atoms with Crippen molar-refractivity contribution in [3.63, 3.8) is 0 Å². The summed E-state index contributed by atoms with van der Waals surface area (Å²) >= 11 is 3.50. The van der Waals surface area contributed by atoms with Gasteiger partial charge in [-0.05, 0) is 35.7 Å². The number of nitrogens with one attached hydrogen (secondary N) is 1. The van der Waals surface area contributed by atoms with Gasteiger partial charge in [-0.25, -0.2) is 4.39 Å². The van der Waals surface area contributed by atoms with Crippen LogP contribution >= 0.6 is 15.9 Å². The second kappa shape index (κ2) is 6.09. The predicted octanol–water partition coefficient (Wildman–Crippen LogP) is 3.34. The molecule has 0 heterocycles. The van der Waals surface area contributed by atoms with Crippen molar-refractivity contribution < 1.29 is 4.39 Å². The van der Waals surface area contributed by atoms with E-state index in [0.29, 0.717) is 6.42 Å². The van der Waals surface area contributed by atoms with Gasteiger partial charge in [0, 0.05) is 4.47 Å². The van der Waals surface area contributed by atoms with E-state index in [2.05, 4.69) is 21.4 Å². The van der Waals surface area contributed by atoms with Crippen molar-refractivity contribution in [1.82, 2.24) is 5.43 Å². The average Bonchev–Trinajstić information content (AvgIpc) is 2.37. The van der Waals surface area contributed by atoms with Crippen LogP contribution in [0.25, 0.3) is 0 Å². The third-order valence-electron chi connectivity index (χ3n) is 2.81. The third-order valence-corrected chi connectivity index (χ3v) is 3.53. The van der Waals surface area contributed by atoms with Crippen LogP contribution in [0.5, 0.6) is 0 Å². The number of hydrazine groups is 1. The van der Waals surface area contributed by atoms with Crippen LogP contribution in [0.2, 0.25) is 0 Å². The summed E-state index contributed by atoms with van der Waals surface area (Å²) in [5.74, 6) is 5.37. The molecule has 0 radical (unpaired) electrons. The smallest absolute Gasteiger partial charge is 0.123 e. The molecule has 0 aliphatic heterocycles. The highest BCUT2D eigenvalue weighted by Crippen LogP contribution is 2.25. The zero-order chi connectivity index (χ0) is 13.0. The Bertz CT molecular complexity index is 531. The lowest BCUT2D eigenvalue weighted by Crippen LogP contribution is -2.29. The van der Waals surface area contributed by atoms with Gasteiger partial charge in [0.2, 0.25) is 0 Å². The lowest BCUT2D eigenvalue weighted by atomic mass is 9.99. The van der Waals surface area contributed by atoms with Gasteiger partial charge in [0.1, 0.15) is 5.82 Å². The highest BCUT2D eigenvalue weighted by molar-refractivity contribution is 9.10. The normalized spacial score (nSPS) is 12.4. The quantitative estimate of drug-likeness (QED) is 0.671. The van der Waals surface area contributed by atoms with Crippen LogP contribution < -0.4 is 11.3 Å². The molecule has 0 aliphatic rings. The molecule has 0 saturated heterocycles. The van der Waals surface area contributed by atoms with E-state index in [-0.39, 0.29) is 11.9 Å². The fourth-order valence-corrected chi connectivity index (χ4v) is 2.48. The van der Waals surface area contributed by atoms with E-state index in [1.807, 2.05) is 30.3 Å². The van der Waals surface area contributed by atoms with E-state index in [0.717, 1.165) is 15.6 Å². The molecule has 2 nitrogen and oxygen atoms in total. The maximum absolute atomic E-state index is 13.1. The first-order valence-electron chi connectivity index (χ1n) is 5.65. The highest BCUT2D eigenvalue weighted by atomic mass is 79.9.